The predicted molar refractivity (Wildman–Crippen MR) is 82.0 cm³/mol. The molecule has 0 radical (unpaired) electrons. The fourth-order valence-corrected chi connectivity index (χ4v) is 2.09. The fourth-order valence-electron chi connectivity index (χ4n) is 1.82. The molecular weight excluding hydrogens is 318 g/mol. The number of hydrogen-bond acceptors (Lipinski definition) is 3. The van der Waals surface area contributed by atoms with E-state index in [1.165, 1.54) is 0 Å². The van der Waals surface area contributed by atoms with Crippen LogP contribution in [0.1, 0.15) is 24.2 Å². The second-order valence-electron chi connectivity index (χ2n) is 4.84. The van der Waals surface area contributed by atoms with Gasteiger partial charge in [0, 0.05) is 22.4 Å². The first-order valence-corrected chi connectivity index (χ1v) is 7.23. The van der Waals surface area contributed by atoms with Gasteiger partial charge in [0.25, 0.3) is 0 Å². The van der Waals surface area contributed by atoms with Gasteiger partial charge in [-0.1, -0.05) is 29.8 Å². The lowest BCUT2D eigenvalue weighted by atomic mass is 9.98. The lowest BCUT2D eigenvalue weighted by Gasteiger charge is -2.21. The molecule has 0 fully saturated rings. The Morgan fingerprint density at radius 3 is 2.45 bits per heavy atom. The number of ketones is 1. The molecule has 1 unspecified atom stereocenters. The van der Waals surface area contributed by atoms with Crippen LogP contribution in [0.3, 0.4) is 0 Å². The second kappa shape index (κ2) is 6.66. The summed E-state index contributed by atoms with van der Waals surface area (Å²) in [5.74, 6) is 0.714. The van der Waals surface area contributed by atoms with Crippen molar-refractivity contribution in [3.05, 3.63) is 58.8 Å². The highest BCUT2D eigenvalue weighted by Crippen LogP contribution is 2.21. The molecule has 0 aliphatic heterocycles. The molecule has 20 heavy (non-hydrogen) atoms. The zero-order valence-electron chi connectivity index (χ0n) is 11.4. The molecule has 0 aliphatic carbocycles. The quantitative estimate of drug-likeness (QED) is 0.772. The molecule has 1 atom stereocenters. The van der Waals surface area contributed by atoms with Crippen molar-refractivity contribution in [2.45, 2.75) is 20.0 Å². The summed E-state index contributed by atoms with van der Waals surface area (Å²) in [5, 5.41) is 0. The number of ether oxygens (including phenoxy) is 1. The van der Waals surface area contributed by atoms with E-state index in [2.05, 4.69) is 20.9 Å². The molecule has 1 aromatic heterocycles. The molecule has 0 bridgehead atoms. The van der Waals surface area contributed by atoms with Crippen molar-refractivity contribution >= 4 is 21.7 Å². The Kier molecular flexibility index (Phi) is 4.90. The van der Waals surface area contributed by atoms with Crippen molar-refractivity contribution in [3.63, 3.8) is 0 Å². The molecule has 0 amide bonds. The monoisotopic (exact) mass is 333 g/mol. The summed E-state index contributed by atoms with van der Waals surface area (Å²) in [6, 6.07) is 11.0. The molecule has 1 heterocycles. The Balaban J connectivity index is 2.19. The summed E-state index contributed by atoms with van der Waals surface area (Å²) in [6.07, 6.45) is 2.71. The number of carbonyl (C=O) groups excluding carboxylic acids is 1. The van der Waals surface area contributed by atoms with Crippen LogP contribution in [0.25, 0.3) is 0 Å². The number of nitrogens with zero attached hydrogens (tertiary/aromatic N) is 1. The highest BCUT2D eigenvalue weighted by molar-refractivity contribution is 9.10. The van der Waals surface area contributed by atoms with Crippen LogP contribution >= 0.6 is 15.9 Å². The van der Waals surface area contributed by atoms with Crippen LogP contribution < -0.4 is 4.74 Å². The highest BCUT2D eigenvalue weighted by atomic mass is 79.9. The fraction of sp³-hybridized carbons (Fsp3) is 0.250. The van der Waals surface area contributed by atoms with Crippen LogP contribution in [0, 0.1) is 5.92 Å². The van der Waals surface area contributed by atoms with E-state index in [1.807, 2.05) is 38.1 Å². The van der Waals surface area contributed by atoms with E-state index in [4.69, 9.17) is 4.74 Å². The average molecular weight is 334 g/mol. The van der Waals surface area contributed by atoms with Crippen LogP contribution in [0.5, 0.6) is 5.75 Å². The normalized spacial score (nSPS) is 12.2. The molecule has 2 aromatic rings. The number of rotatable bonds is 5. The Morgan fingerprint density at radius 2 is 1.90 bits per heavy atom. The maximum absolute atomic E-state index is 12.5. The van der Waals surface area contributed by atoms with Gasteiger partial charge >= 0.3 is 0 Å². The number of benzene rings is 1. The van der Waals surface area contributed by atoms with Crippen LogP contribution in [0.2, 0.25) is 0 Å². The summed E-state index contributed by atoms with van der Waals surface area (Å²) in [7, 11) is 0. The minimum atomic E-state index is -0.514. The van der Waals surface area contributed by atoms with E-state index in [-0.39, 0.29) is 11.7 Å². The maximum atomic E-state index is 12.5. The van der Waals surface area contributed by atoms with Gasteiger partial charge in [0.15, 0.2) is 6.10 Å². The van der Waals surface area contributed by atoms with Gasteiger partial charge in [-0.25, -0.2) is 0 Å². The van der Waals surface area contributed by atoms with Gasteiger partial charge in [-0.05, 0) is 42.3 Å². The molecule has 0 N–H and O–H groups in total. The first-order valence-electron chi connectivity index (χ1n) is 6.44. The zero-order chi connectivity index (χ0) is 14.5. The molecule has 2 rings (SSSR count). The molecular formula is C16H16BrNO2. The average Bonchev–Trinajstić information content (AvgIpc) is 2.46. The van der Waals surface area contributed by atoms with Crippen LogP contribution in [-0.4, -0.2) is 16.9 Å². The summed E-state index contributed by atoms with van der Waals surface area (Å²) >= 11 is 3.38. The number of Topliss-reactive ketones (excluding diaryl/α,β-unsaturated/α-hetero) is 1. The van der Waals surface area contributed by atoms with E-state index in [0.717, 1.165) is 4.47 Å². The SMILES string of the molecule is CC(C)C(Oc1ccc(Br)cc1)C(=O)c1cccnc1. The number of halogens is 1. The number of aromatic nitrogens is 1. The van der Waals surface area contributed by atoms with Gasteiger partial charge in [0.1, 0.15) is 5.75 Å². The molecule has 0 saturated carbocycles. The van der Waals surface area contributed by atoms with Gasteiger partial charge in [0.2, 0.25) is 5.78 Å². The van der Waals surface area contributed by atoms with Crippen LogP contribution in [-0.2, 0) is 0 Å². The predicted octanol–water partition coefficient (Wildman–Crippen LogP) is 4.13. The molecule has 0 spiro atoms. The van der Waals surface area contributed by atoms with E-state index in [0.29, 0.717) is 11.3 Å². The van der Waals surface area contributed by atoms with Crippen molar-refractivity contribution in [1.82, 2.24) is 4.98 Å². The van der Waals surface area contributed by atoms with E-state index >= 15 is 0 Å². The lowest BCUT2D eigenvalue weighted by Crippen LogP contribution is -2.32. The summed E-state index contributed by atoms with van der Waals surface area (Å²) in [4.78, 5) is 16.5. The van der Waals surface area contributed by atoms with Crippen molar-refractivity contribution in [2.24, 2.45) is 5.92 Å². The van der Waals surface area contributed by atoms with Crippen molar-refractivity contribution < 1.29 is 9.53 Å². The molecule has 0 saturated heterocycles. The number of carbonyl (C=O) groups is 1. The van der Waals surface area contributed by atoms with Crippen molar-refractivity contribution in [2.75, 3.05) is 0 Å². The van der Waals surface area contributed by atoms with E-state index < -0.39 is 6.10 Å². The molecule has 104 valence electrons. The van der Waals surface area contributed by atoms with Gasteiger partial charge in [-0.2, -0.15) is 0 Å². The third kappa shape index (κ3) is 3.67. The van der Waals surface area contributed by atoms with Gasteiger partial charge in [0.05, 0.1) is 0 Å². The van der Waals surface area contributed by atoms with E-state index in [9.17, 15) is 4.79 Å². The first kappa shape index (κ1) is 14.7. The Labute approximate surface area is 127 Å². The highest BCUT2D eigenvalue weighted by Gasteiger charge is 2.25. The van der Waals surface area contributed by atoms with Crippen molar-refractivity contribution in [3.8, 4) is 5.75 Å². The minimum absolute atomic E-state index is 0.0454. The van der Waals surface area contributed by atoms with Gasteiger partial charge in [-0.15, -0.1) is 0 Å². The van der Waals surface area contributed by atoms with Crippen LogP contribution in [0.4, 0.5) is 0 Å². The first-order chi connectivity index (χ1) is 9.58. The lowest BCUT2D eigenvalue weighted by molar-refractivity contribution is 0.0711. The summed E-state index contributed by atoms with van der Waals surface area (Å²) in [6.45, 7) is 3.94. The molecule has 3 nitrogen and oxygen atoms in total. The van der Waals surface area contributed by atoms with Gasteiger partial charge < -0.3 is 4.74 Å². The van der Waals surface area contributed by atoms with Crippen molar-refractivity contribution in [1.29, 1.82) is 0 Å². The third-order valence-electron chi connectivity index (χ3n) is 2.89. The summed E-state index contributed by atoms with van der Waals surface area (Å²) in [5.41, 5.74) is 0.573. The Hall–Kier alpha value is -1.68. The van der Waals surface area contributed by atoms with E-state index in [1.54, 1.807) is 24.5 Å². The smallest absolute Gasteiger partial charge is 0.205 e. The summed E-state index contributed by atoms with van der Waals surface area (Å²) < 4.78 is 6.83. The minimum Gasteiger partial charge on any atom is -0.482 e. The molecule has 4 heteroatoms. The Morgan fingerprint density at radius 1 is 1.20 bits per heavy atom. The second-order valence-corrected chi connectivity index (χ2v) is 5.76. The van der Waals surface area contributed by atoms with Gasteiger partial charge in [-0.3, -0.25) is 9.78 Å². The number of pyridine rings is 1. The maximum Gasteiger partial charge on any atom is 0.205 e. The number of hydrogen-bond donors (Lipinski definition) is 0. The zero-order valence-corrected chi connectivity index (χ0v) is 13.0. The standard InChI is InChI=1S/C16H16BrNO2/c1-11(2)16(15(19)12-4-3-9-18-10-12)20-14-7-5-13(17)6-8-14/h3-11,16H,1-2H3. The third-order valence-corrected chi connectivity index (χ3v) is 3.42. The Bertz CT molecular complexity index is 567. The topological polar surface area (TPSA) is 39.2 Å². The largest absolute Gasteiger partial charge is 0.482 e. The molecule has 0 aliphatic rings. The molecule has 1 aromatic carbocycles. The van der Waals surface area contributed by atoms with Crippen LogP contribution in [0.15, 0.2) is 53.3 Å².